The zero-order chi connectivity index (χ0) is 24.2. The fraction of sp³-hybridized carbons (Fsp3) is 0.120. The van der Waals surface area contributed by atoms with Crippen LogP contribution in [0.5, 0.6) is 0 Å². The molecule has 0 radical (unpaired) electrons. The van der Waals surface area contributed by atoms with Crippen molar-refractivity contribution >= 4 is 35.0 Å². The van der Waals surface area contributed by atoms with Crippen molar-refractivity contribution < 1.29 is 23.9 Å². The van der Waals surface area contributed by atoms with E-state index in [1.807, 2.05) is 13.0 Å². The molecule has 1 unspecified atom stereocenters. The van der Waals surface area contributed by atoms with Crippen molar-refractivity contribution in [2.24, 2.45) is 4.99 Å². The van der Waals surface area contributed by atoms with Gasteiger partial charge < -0.3 is 15.7 Å². The van der Waals surface area contributed by atoms with Gasteiger partial charge in [-0.3, -0.25) is 14.5 Å². The topological polar surface area (TPSA) is 111 Å². The zero-order valence-electron chi connectivity index (χ0n) is 18.2. The van der Waals surface area contributed by atoms with Gasteiger partial charge in [-0.25, -0.2) is 14.2 Å². The summed E-state index contributed by atoms with van der Waals surface area (Å²) >= 11 is 0. The number of halogens is 1. The van der Waals surface area contributed by atoms with Crippen LogP contribution in [0.2, 0.25) is 0 Å². The van der Waals surface area contributed by atoms with Gasteiger partial charge in [0.2, 0.25) is 6.17 Å². The molecule has 1 atom stereocenters. The highest BCUT2D eigenvalue weighted by molar-refractivity contribution is 6.20. The Hall–Kier alpha value is -4.53. The molecule has 1 aliphatic rings. The van der Waals surface area contributed by atoms with Crippen LogP contribution < -0.4 is 10.6 Å². The number of nitrogens with zero attached hydrogens (tertiary/aromatic N) is 2. The molecule has 0 bridgehead atoms. The molecule has 3 N–H and O–H groups in total. The molecule has 0 aromatic heterocycles. The van der Waals surface area contributed by atoms with Gasteiger partial charge in [0.15, 0.2) is 0 Å². The van der Waals surface area contributed by atoms with Gasteiger partial charge in [-0.05, 0) is 42.8 Å². The molecule has 34 heavy (non-hydrogen) atoms. The number of nitrogens with one attached hydrogen (secondary N) is 2. The number of aliphatic carboxylic acids is 1. The number of aryl methyl sites for hydroxylation is 1. The fourth-order valence-electron chi connectivity index (χ4n) is 3.66. The number of carboxylic acid groups (broad SMARTS) is 1. The van der Waals surface area contributed by atoms with Crippen LogP contribution in [-0.2, 0) is 9.59 Å². The van der Waals surface area contributed by atoms with Crippen molar-refractivity contribution in [3.05, 3.63) is 95.3 Å². The van der Waals surface area contributed by atoms with Crippen molar-refractivity contribution in [3.8, 4) is 0 Å². The Morgan fingerprint density at radius 3 is 2.47 bits per heavy atom. The third-order valence-corrected chi connectivity index (χ3v) is 5.19. The van der Waals surface area contributed by atoms with Gasteiger partial charge in [0.1, 0.15) is 12.4 Å². The molecule has 0 aliphatic carbocycles. The molecule has 3 aromatic carbocycles. The molecule has 3 aromatic rings. The molecule has 0 saturated heterocycles. The normalized spacial score (nSPS) is 14.8. The molecule has 3 amide bonds. The molecule has 0 saturated carbocycles. The van der Waals surface area contributed by atoms with Crippen LogP contribution in [0.15, 0.2) is 77.8 Å². The van der Waals surface area contributed by atoms with E-state index in [4.69, 9.17) is 0 Å². The highest BCUT2D eigenvalue weighted by Crippen LogP contribution is 2.26. The second kappa shape index (κ2) is 9.53. The van der Waals surface area contributed by atoms with Gasteiger partial charge in [0.05, 0.1) is 11.4 Å². The maximum atomic E-state index is 14.7. The monoisotopic (exact) mass is 460 g/mol. The van der Waals surface area contributed by atoms with E-state index in [0.29, 0.717) is 16.9 Å². The third kappa shape index (κ3) is 4.78. The lowest BCUT2D eigenvalue weighted by Crippen LogP contribution is -2.50. The number of para-hydroxylation sites is 1. The third-order valence-electron chi connectivity index (χ3n) is 5.19. The van der Waals surface area contributed by atoms with Crippen LogP contribution in [-0.4, -0.2) is 46.3 Å². The summed E-state index contributed by atoms with van der Waals surface area (Å²) in [6.07, 6.45) is -1.57. The van der Waals surface area contributed by atoms with Crippen molar-refractivity contribution in [1.29, 1.82) is 0 Å². The van der Waals surface area contributed by atoms with E-state index in [1.165, 1.54) is 18.2 Å². The first-order valence-corrected chi connectivity index (χ1v) is 10.4. The second-order valence-corrected chi connectivity index (χ2v) is 7.69. The van der Waals surface area contributed by atoms with Gasteiger partial charge in [-0.1, -0.05) is 42.5 Å². The summed E-state index contributed by atoms with van der Waals surface area (Å²) in [5.41, 5.74) is 2.35. The van der Waals surface area contributed by atoms with Gasteiger partial charge in [0, 0.05) is 16.8 Å². The van der Waals surface area contributed by atoms with Crippen LogP contribution in [0, 0.1) is 12.7 Å². The summed E-state index contributed by atoms with van der Waals surface area (Å²) in [6.45, 7) is 1.03. The van der Waals surface area contributed by atoms with Gasteiger partial charge in [-0.15, -0.1) is 0 Å². The smallest absolute Gasteiger partial charge is 0.324 e. The number of aliphatic imine (C=N–C) groups is 1. The standard InChI is InChI=1S/C25H21FN4O4/c1-15-7-6-8-16(13-15)27-25(34)30(14-21(31)32)23-24(33)28-20-12-5-3-10-18(20)22(29-23)17-9-2-4-11-19(17)26/h2-13,23H,14H2,1H3,(H,27,34)(H,28,33)(H,31,32). The fourth-order valence-corrected chi connectivity index (χ4v) is 3.66. The largest absolute Gasteiger partial charge is 0.480 e. The Morgan fingerprint density at radius 2 is 1.76 bits per heavy atom. The molecule has 0 fully saturated rings. The Bertz CT molecular complexity index is 1310. The summed E-state index contributed by atoms with van der Waals surface area (Å²) in [4.78, 5) is 43.1. The molecule has 0 spiro atoms. The Kier molecular flexibility index (Phi) is 6.35. The lowest BCUT2D eigenvalue weighted by Gasteiger charge is -2.26. The summed E-state index contributed by atoms with van der Waals surface area (Å²) in [5, 5.41) is 14.8. The second-order valence-electron chi connectivity index (χ2n) is 7.69. The number of carboxylic acids is 1. The molecule has 8 nitrogen and oxygen atoms in total. The summed E-state index contributed by atoms with van der Waals surface area (Å²) in [6, 6.07) is 18.7. The predicted molar refractivity (Wildman–Crippen MR) is 125 cm³/mol. The molecular weight excluding hydrogens is 439 g/mol. The predicted octanol–water partition coefficient (Wildman–Crippen LogP) is 3.87. The number of amides is 3. The number of carbonyl (C=O) groups is 3. The highest BCUT2D eigenvalue weighted by Gasteiger charge is 2.35. The number of carbonyl (C=O) groups excluding carboxylic acids is 2. The first-order valence-electron chi connectivity index (χ1n) is 10.4. The number of benzene rings is 3. The Labute approximate surface area is 194 Å². The minimum atomic E-state index is -1.57. The van der Waals surface area contributed by atoms with Crippen LogP contribution in [0.3, 0.4) is 0 Å². The maximum absolute atomic E-state index is 14.7. The number of hydrogen-bond donors (Lipinski definition) is 3. The van der Waals surface area contributed by atoms with Crippen molar-refractivity contribution in [1.82, 2.24) is 4.90 Å². The lowest BCUT2D eigenvalue weighted by atomic mass is 10.0. The van der Waals surface area contributed by atoms with Gasteiger partial charge in [0.25, 0.3) is 5.91 Å². The van der Waals surface area contributed by atoms with Gasteiger partial charge >= 0.3 is 12.0 Å². The Morgan fingerprint density at radius 1 is 1.06 bits per heavy atom. The van der Waals surface area contributed by atoms with Crippen LogP contribution in [0.25, 0.3) is 0 Å². The minimum Gasteiger partial charge on any atom is -0.480 e. The number of hydrogen-bond acceptors (Lipinski definition) is 4. The number of anilines is 2. The average molecular weight is 460 g/mol. The summed E-state index contributed by atoms with van der Waals surface area (Å²) in [7, 11) is 0. The number of fused-ring (bicyclic) bond motifs is 1. The van der Waals surface area contributed by atoms with Crippen molar-refractivity contribution in [2.45, 2.75) is 13.1 Å². The highest BCUT2D eigenvalue weighted by atomic mass is 19.1. The SMILES string of the molecule is Cc1cccc(NC(=O)N(CC(=O)O)C2N=C(c3ccccc3F)c3ccccc3NC2=O)c1. The summed E-state index contributed by atoms with van der Waals surface area (Å²) in [5.74, 6) is -2.63. The molecule has 1 heterocycles. The van der Waals surface area contributed by atoms with E-state index >= 15 is 0 Å². The molecule has 9 heteroatoms. The van der Waals surface area contributed by atoms with Crippen molar-refractivity contribution in [2.75, 3.05) is 17.2 Å². The van der Waals surface area contributed by atoms with E-state index in [2.05, 4.69) is 15.6 Å². The average Bonchev–Trinajstić information content (AvgIpc) is 2.94. The molecule has 172 valence electrons. The van der Waals surface area contributed by atoms with Gasteiger partial charge in [-0.2, -0.15) is 0 Å². The minimum absolute atomic E-state index is 0.116. The first kappa shape index (κ1) is 22.7. The van der Waals surface area contributed by atoms with Crippen molar-refractivity contribution in [3.63, 3.8) is 0 Å². The summed E-state index contributed by atoms with van der Waals surface area (Å²) < 4.78 is 14.7. The van der Waals surface area contributed by atoms with E-state index < -0.39 is 36.4 Å². The van der Waals surface area contributed by atoms with Crippen LogP contribution in [0.4, 0.5) is 20.6 Å². The number of benzodiazepines with no additional fused rings is 1. The zero-order valence-corrected chi connectivity index (χ0v) is 18.2. The maximum Gasteiger partial charge on any atom is 0.324 e. The molecule has 1 aliphatic heterocycles. The molecule has 4 rings (SSSR count). The van der Waals surface area contributed by atoms with E-state index in [1.54, 1.807) is 48.5 Å². The van der Waals surface area contributed by atoms with Crippen LogP contribution >= 0.6 is 0 Å². The van der Waals surface area contributed by atoms with E-state index in [0.717, 1.165) is 10.5 Å². The molecular formula is C25H21FN4O4. The lowest BCUT2D eigenvalue weighted by molar-refractivity contribution is -0.138. The van der Waals surface area contributed by atoms with E-state index in [9.17, 15) is 23.9 Å². The van der Waals surface area contributed by atoms with Crippen LogP contribution in [0.1, 0.15) is 16.7 Å². The quantitative estimate of drug-likeness (QED) is 0.537. The number of rotatable bonds is 5. The first-order chi connectivity index (χ1) is 16.3. The Balaban J connectivity index is 1.81. The van der Waals surface area contributed by atoms with E-state index in [-0.39, 0.29) is 11.3 Å². The number of urea groups is 1.